The second-order valence-corrected chi connectivity index (χ2v) is 11.3. The molecule has 0 saturated heterocycles. The van der Waals surface area contributed by atoms with E-state index in [2.05, 4.69) is 17.6 Å². The molecule has 2 aromatic carbocycles. The maximum atomic E-state index is 14.0. The molecule has 0 aliphatic rings. The van der Waals surface area contributed by atoms with Gasteiger partial charge in [0.25, 0.3) is 5.91 Å². The normalized spacial score (nSPS) is 12.0. The molecule has 7 heteroatoms. The number of unbranched alkanes of at least 4 members (excludes halogenated alkanes) is 5. The van der Waals surface area contributed by atoms with Crippen LogP contribution in [0.2, 0.25) is 0 Å². The second-order valence-electron chi connectivity index (χ2n) is 11.3. The lowest BCUT2D eigenvalue weighted by Crippen LogP contribution is -2.47. The zero-order valence-corrected chi connectivity index (χ0v) is 24.9. The molecule has 214 valence electrons. The molecule has 2 N–H and O–H groups in total. The highest BCUT2D eigenvalue weighted by atomic mass is 16.6. The SMILES string of the molecule is CCCCCCCCN(C(=O)CNC(=O)OC(C)(C)C)C(C(=O)Nc1c(C)cccc1C)c1cccc(C)c1. The van der Waals surface area contributed by atoms with Crippen LogP contribution in [-0.4, -0.2) is 41.5 Å². The summed E-state index contributed by atoms with van der Waals surface area (Å²) in [5.74, 6) is -0.618. The number of aryl methyl sites for hydroxylation is 3. The third-order valence-corrected chi connectivity index (χ3v) is 6.50. The predicted molar refractivity (Wildman–Crippen MR) is 158 cm³/mol. The van der Waals surface area contributed by atoms with Crippen LogP contribution in [-0.2, 0) is 14.3 Å². The third-order valence-electron chi connectivity index (χ3n) is 6.50. The van der Waals surface area contributed by atoms with E-state index in [1.54, 1.807) is 25.7 Å². The molecule has 0 aromatic heterocycles. The number of anilines is 1. The van der Waals surface area contributed by atoms with Gasteiger partial charge in [0.15, 0.2) is 0 Å². The van der Waals surface area contributed by atoms with E-state index < -0.39 is 17.7 Å². The first kappa shape index (κ1) is 31.9. The minimum absolute atomic E-state index is 0.260. The number of hydrogen-bond donors (Lipinski definition) is 2. The van der Waals surface area contributed by atoms with Gasteiger partial charge in [0.05, 0.1) is 0 Å². The standard InChI is InChI=1S/C32H47N3O4/c1-8-9-10-11-12-13-20-35(27(36)22-33-31(38)39-32(5,6)7)29(26-19-14-16-23(2)21-26)30(37)34-28-24(3)17-15-18-25(28)4/h14-19,21,29H,8-13,20,22H2,1-7H3,(H,33,38)(H,34,37). The summed E-state index contributed by atoms with van der Waals surface area (Å²) < 4.78 is 5.32. The smallest absolute Gasteiger partial charge is 0.408 e. The van der Waals surface area contributed by atoms with E-state index in [4.69, 9.17) is 4.74 Å². The van der Waals surface area contributed by atoms with Crippen molar-refractivity contribution in [2.24, 2.45) is 0 Å². The van der Waals surface area contributed by atoms with E-state index in [0.29, 0.717) is 6.54 Å². The molecule has 0 saturated carbocycles. The molecule has 0 radical (unpaired) electrons. The zero-order valence-electron chi connectivity index (χ0n) is 24.9. The first-order valence-electron chi connectivity index (χ1n) is 14.1. The van der Waals surface area contributed by atoms with E-state index in [1.807, 2.05) is 63.2 Å². The van der Waals surface area contributed by atoms with Gasteiger partial charge in [0.2, 0.25) is 5.91 Å². The fourth-order valence-electron chi connectivity index (χ4n) is 4.54. The van der Waals surface area contributed by atoms with Crippen LogP contribution in [0.1, 0.15) is 94.5 Å². The highest BCUT2D eigenvalue weighted by Crippen LogP contribution is 2.27. The maximum absolute atomic E-state index is 14.0. The highest BCUT2D eigenvalue weighted by molar-refractivity contribution is 5.99. The van der Waals surface area contributed by atoms with Gasteiger partial charge in [0, 0.05) is 12.2 Å². The van der Waals surface area contributed by atoms with E-state index in [0.717, 1.165) is 60.0 Å². The maximum Gasteiger partial charge on any atom is 0.408 e. The minimum atomic E-state index is -0.854. The fraction of sp³-hybridized carbons (Fsp3) is 0.531. The molecule has 2 rings (SSSR count). The molecule has 0 bridgehead atoms. The summed E-state index contributed by atoms with van der Waals surface area (Å²) in [4.78, 5) is 41.5. The molecule has 39 heavy (non-hydrogen) atoms. The van der Waals surface area contributed by atoms with Crippen LogP contribution in [0, 0.1) is 20.8 Å². The van der Waals surface area contributed by atoms with Crippen LogP contribution >= 0.6 is 0 Å². The summed E-state index contributed by atoms with van der Waals surface area (Å²) in [6.07, 6.45) is 5.64. The van der Waals surface area contributed by atoms with Crippen molar-refractivity contribution in [2.75, 3.05) is 18.4 Å². The molecule has 1 atom stereocenters. The Morgan fingerprint density at radius 3 is 2.13 bits per heavy atom. The fourth-order valence-corrected chi connectivity index (χ4v) is 4.54. The van der Waals surface area contributed by atoms with Crippen LogP contribution in [0.5, 0.6) is 0 Å². The third kappa shape index (κ3) is 10.7. The Morgan fingerprint density at radius 2 is 1.51 bits per heavy atom. The van der Waals surface area contributed by atoms with Gasteiger partial charge in [-0.25, -0.2) is 4.79 Å². The van der Waals surface area contributed by atoms with Crippen LogP contribution in [0.4, 0.5) is 10.5 Å². The summed E-state index contributed by atoms with van der Waals surface area (Å²) in [5, 5.41) is 5.68. The molecule has 0 aliphatic carbocycles. The first-order valence-corrected chi connectivity index (χ1v) is 14.1. The lowest BCUT2D eigenvalue weighted by atomic mass is 10.00. The molecule has 7 nitrogen and oxygen atoms in total. The molecule has 2 aromatic rings. The van der Waals surface area contributed by atoms with Crippen molar-refractivity contribution >= 4 is 23.6 Å². The number of carbonyl (C=O) groups is 3. The van der Waals surface area contributed by atoms with Crippen LogP contribution in [0.25, 0.3) is 0 Å². The molecule has 0 aliphatic heterocycles. The van der Waals surface area contributed by atoms with Crippen molar-refractivity contribution in [1.29, 1.82) is 0 Å². The van der Waals surface area contributed by atoms with Crippen molar-refractivity contribution in [3.63, 3.8) is 0 Å². The molecule has 0 heterocycles. The van der Waals surface area contributed by atoms with Gasteiger partial charge in [-0.2, -0.15) is 0 Å². The van der Waals surface area contributed by atoms with Crippen molar-refractivity contribution in [2.45, 2.75) is 98.6 Å². The summed E-state index contributed by atoms with van der Waals surface area (Å²) in [7, 11) is 0. The first-order chi connectivity index (χ1) is 18.4. The van der Waals surface area contributed by atoms with Crippen molar-refractivity contribution in [1.82, 2.24) is 10.2 Å². The van der Waals surface area contributed by atoms with Crippen molar-refractivity contribution in [3.05, 3.63) is 64.7 Å². The Labute approximate surface area is 234 Å². The topological polar surface area (TPSA) is 87.7 Å². The monoisotopic (exact) mass is 537 g/mol. The summed E-state index contributed by atoms with van der Waals surface area (Å²) in [6.45, 7) is 13.5. The average molecular weight is 538 g/mol. The quantitative estimate of drug-likeness (QED) is 0.269. The van der Waals surface area contributed by atoms with E-state index >= 15 is 0 Å². The highest BCUT2D eigenvalue weighted by Gasteiger charge is 2.32. The number of nitrogens with zero attached hydrogens (tertiary/aromatic N) is 1. The number of hydrogen-bond acceptors (Lipinski definition) is 4. The Balaban J connectivity index is 2.37. The van der Waals surface area contributed by atoms with Gasteiger partial charge in [0.1, 0.15) is 18.2 Å². The number of para-hydroxylation sites is 1. The summed E-state index contributed by atoms with van der Waals surface area (Å²) >= 11 is 0. The summed E-state index contributed by atoms with van der Waals surface area (Å²) in [6, 6.07) is 12.7. The Hall–Kier alpha value is -3.35. The number of amides is 3. The number of benzene rings is 2. The molecule has 0 spiro atoms. The molecule has 1 unspecified atom stereocenters. The van der Waals surface area contributed by atoms with Crippen LogP contribution in [0.15, 0.2) is 42.5 Å². The van der Waals surface area contributed by atoms with E-state index in [1.165, 1.54) is 6.42 Å². The van der Waals surface area contributed by atoms with Crippen molar-refractivity contribution in [3.8, 4) is 0 Å². The van der Waals surface area contributed by atoms with E-state index in [-0.39, 0.29) is 18.4 Å². The largest absolute Gasteiger partial charge is 0.444 e. The number of nitrogens with one attached hydrogen (secondary N) is 2. The van der Waals surface area contributed by atoms with Gasteiger partial charge in [-0.3, -0.25) is 9.59 Å². The summed E-state index contributed by atoms with van der Waals surface area (Å²) in [5.41, 5.74) is 3.70. The molecular formula is C32H47N3O4. The number of carbonyl (C=O) groups excluding carboxylic acids is 3. The zero-order chi connectivity index (χ0) is 29.0. The van der Waals surface area contributed by atoms with E-state index in [9.17, 15) is 14.4 Å². The number of ether oxygens (including phenoxy) is 1. The molecule has 3 amide bonds. The molecular weight excluding hydrogens is 490 g/mol. The number of rotatable bonds is 13. The van der Waals surface area contributed by atoms with Crippen LogP contribution < -0.4 is 10.6 Å². The Kier molecular flexibility index (Phi) is 12.5. The van der Waals surface area contributed by atoms with Gasteiger partial charge in [-0.15, -0.1) is 0 Å². The second kappa shape index (κ2) is 15.3. The molecule has 0 fully saturated rings. The van der Waals surface area contributed by atoms with Gasteiger partial charge < -0.3 is 20.3 Å². The lowest BCUT2D eigenvalue weighted by Gasteiger charge is -2.32. The van der Waals surface area contributed by atoms with Crippen molar-refractivity contribution < 1.29 is 19.1 Å². The van der Waals surface area contributed by atoms with Gasteiger partial charge >= 0.3 is 6.09 Å². The lowest BCUT2D eigenvalue weighted by molar-refractivity contribution is -0.138. The minimum Gasteiger partial charge on any atom is -0.444 e. The van der Waals surface area contributed by atoms with Crippen LogP contribution in [0.3, 0.4) is 0 Å². The Morgan fingerprint density at radius 1 is 0.897 bits per heavy atom. The predicted octanol–water partition coefficient (Wildman–Crippen LogP) is 7.01. The average Bonchev–Trinajstić information content (AvgIpc) is 2.85. The number of alkyl carbamates (subject to hydrolysis) is 1. The van der Waals surface area contributed by atoms with Gasteiger partial charge in [-0.1, -0.05) is 87.1 Å². The Bertz CT molecular complexity index is 1090. The van der Waals surface area contributed by atoms with Gasteiger partial charge in [-0.05, 0) is 64.7 Å².